The molecule has 0 heterocycles. The maximum absolute atomic E-state index is 11.6. The van der Waals surface area contributed by atoms with E-state index in [0.717, 1.165) is 4.47 Å². The normalized spacial score (nSPS) is 9.61. The number of nitrogens with one attached hydrogen (secondary N) is 2. The molecule has 1 rings (SSSR count). The van der Waals surface area contributed by atoms with E-state index in [2.05, 4.69) is 26.6 Å². The Morgan fingerprint density at radius 1 is 1.06 bits per heavy atom. The maximum atomic E-state index is 11.6. The van der Waals surface area contributed by atoms with E-state index >= 15 is 0 Å². The van der Waals surface area contributed by atoms with Crippen molar-refractivity contribution in [2.24, 2.45) is 5.73 Å². The Morgan fingerprint density at radius 3 is 2.22 bits per heavy atom. The Kier molecular flexibility index (Phi) is 5.31. The maximum Gasteiger partial charge on any atom is 0.251 e. The Labute approximate surface area is 112 Å². The SMILES string of the molecule is NC(=O)CNC(=O)CNC(=O)c1ccc(Br)cc1. The molecular formula is C11H12BrN3O3. The van der Waals surface area contributed by atoms with Crippen LogP contribution in [0.2, 0.25) is 0 Å². The zero-order valence-electron chi connectivity index (χ0n) is 9.40. The second kappa shape index (κ2) is 6.75. The van der Waals surface area contributed by atoms with Crippen LogP contribution >= 0.6 is 15.9 Å². The average molecular weight is 314 g/mol. The number of primary amides is 1. The fraction of sp³-hybridized carbons (Fsp3) is 0.182. The molecule has 0 radical (unpaired) electrons. The molecule has 7 heteroatoms. The van der Waals surface area contributed by atoms with E-state index in [4.69, 9.17) is 5.73 Å². The molecule has 0 aromatic heterocycles. The van der Waals surface area contributed by atoms with Gasteiger partial charge in [0, 0.05) is 10.0 Å². The quantitative estimate of drug-likeness (QED) is 0.700. The van der Waals surface area contributed by atoms with Gasteiger partial charge in [0.25, 0.3) is 5.91 Å². The average Bonchev–Trinajstić information content (AvgIpc) is 2.34. The van der Waals surface area contributed by atoms with Gasteiger partial charge in [-0.15, -0.1) is 0 Å². The predicted molar refractivity (Wildman–Crippen MR) is 68.7 cm³/mol. The first-order valence-corrected chi connectivity index (χ1v) is 5.87. The van der Waals surface area contributed by atoms with E-state index in [1.54, 1.807) is 24.3 Å². The highest BCUT2D eigenvalue weighted by Crippen LogP contribution is 2.10. The molecule has 4 N–H and O–H groups in total. The summed E-state index contributed by atoms with van der Waals surface area (Å²) in [5.74, 6) is -1.47. The second-order valence-electron chi connectivity index (χ2n) is 3.43. The van der Waals surface area contributed by atoms with Gasteiger partial charge in [-0.1, -0.05) is 15.9 Å². The lowest BCUT2D eigenvalue weighted by molar-refractivity contribution is -0.124. The van der Waals surface area contributed by atoms with Crippen LogP contribution in [0.15, 0.2) is 28.7 Å². The third-order valence-corrected chi connectivity index (χ3v) is 2.50. The van der Waals surface area contributed by atoms with Crippen LogP contribution in [0.5, 0.6) is 0 Å². The van der Waals surface area contributed by atoms with Crippen LogP contribution in [0.1, 0.15) is 10.4 Å². The molecule has 0 unspecified atom stereocenters. The summed E-state index contributed by atoms with van der Waals surface area (Å²) in [5, 5.41) is 4.69. The molecule has 0 saturated heterocycles. The van der Waals surface area contributed by atoms with E-state index in [-0.39, 0.29) is 19.0 Å². The largest absolute Gasteiger partial charge is 0.368 e. The number of hydrogen-bond donors (Lipinski definition) is 3. The number of amides is 3. The first kappa shape index (κ1) is 14.2. The van der Waals surface area contributed by atoms with Crippen LogP contribution in [0, 0.1) is 0 Å². The number of carbonyl (C=O) groups excluding carboxylic acids is 3. The summed E-state index contributed by atoms with van der Waals surface area (Å²) in [6.45, 7) is -0.449. The number of rotatable bonds is 5. The monoisotopic (exact) mass is 313 g/mol. The Morgan fingerprint density at radius 2 is 1.67 bits per heavy atom. The Hall–Kier alpha value is -1.89. The smallest absolute Gasteiger partial charge is 0.251 e. The van der Waals surface area contributed by atoms with Crippen LogP contribution in [-0.2, 0) is 9.59 Å². The van der Waals surface area contributed by atoms with E-state index in [1.165, 1.54) is 0 Å². The Bertz CT molecular complexity index is 459. The van der Waals surface area contributed by atoms with Gasteiger partial charge in [0.15, 0.2) is 0 Å². The van der Waals surface area contributed by atoms with Gasteiger partial charge in [0.1, 0.15) is 0 Å². The highest BCUT2D eigenvalue weighted by molar-refractivity contribution is 9.10. The van der Waals surface area contributed by atoms with Crippen LogP contribution in [0.3, 0.4) is 0 Å². The Balaban J connectivity index is 2.39. The zero-order valence-corrected chi connectivity index (χ0v) is 11.0. The summed E-state index contributed by atoms with van der Waals surface area (Å²) in [6.07, 6.45) is 0. The van der Waals surface area contributed by atoms with Gasteiger partial charge in [-0.2, -0.15) is 0 Å². The third kappa shape index (κ3) is 4.96. The number of nitrogens with two attached hydrogens (primary N) is 1. The van der Waals surface area contributed by atoms with Crippen molar-refractivity contribution < 1.29 is 14.4 Å². The van der Waals surface area contributed by atoms with Crippen molar-refractivity contribution in [3.8, 4) is 0 Å². The van der Waals surface area contributed by atoms with Crippen molar-refractivity contribution in [3.63, 3.8) is 0 Å². The summed E-state index contributed by atoms with van der Waals surface area (Å²) in [7, 11) is 0. The van der Waals surface area contributed by atoms with Gasteiger partial charge in [-0.3, -0.25) is 14.4 Å². The van der Waals surface area contributed by atoms with Crippen molar-refractivity contribution in [2.45, 2.75) is 0 Å². The third-order valence-electron chi connectivity index (χ3n) is 1.98. The van der Waals surface area contributed by atoms with E-state index in [0.29, 0.717) is 5.56 Å². The lowest BCUT2D eigenvalue weighted by Crippen LogP contribution is -2.40. The van der Waals surface area contributed by atoms with Gasteiger partial charge in [0.2, 0.25) is 11.8 Å². The van der Waals surface area contributed by atoms with Gasteiger partial charge < -0.3 is 16.4 Å². The zero-order chi connectivity index (χ0) is 13.5. The molecule has 0 aliphatic rings. The number of carbonyl (C=O) groups is 3. The fourth-order valence-corrected chi connectivity index (χ4v) is 1.38. The van der Waals surface area contributed by atoms with Crippen LogP contribution in [-0.4, -0.2) is 30.8 Å². The molecule has 0 aliphatic carbocycles. The van der Waals surface area contributed by atoms with Gasteiger partial charge in [0.05, 0.1) is 13.1 Å². The van der Waals surface area contributed by atoms with Crippen molar-refractivity contribution in [2.75, 3.05) is 13.1 Å². The molecule has 96 valence electrons. The van der Waals surface area contributed by atoms with Gasteiger partial charge in [-0.05, 0) is 24.3 Å². The number of benzene rings is 1. The summed E-state index contributed by atoms with van der Waals surface area (Å²) >= 11 is 3.25. The molecule has 1 aromatic rings. The molecule has 0 aliphatic heterocycles. The molecule has 0 bridgehead atoms. The topological polar surface area (TPSA) is 101 Å². The van der Waals surface area contributed by atoms with Gasteiger partial charge >= 0.3 is 0 Å². The van der Waals surface area contributed by atoms with Crippen LogP contribution in [0.25, 0.3) is 0 Å². The van der Waals surface area contributed by atoms with Gasteiger partial charge in [-0.25, -0.2) is 0 Å². The molecular weight excluding hydrogens is 302 g/mol. The lowest BCUT2D eigenvalue weighted by atomic mass is 10.2. The summed E-state index contributed by atoms with van der Waals surface area (Å²) in [4.78, 5) is 33.2. The molecule has 0 spiro atoms. The second-order valence-corrected chi connectivity index (χ2v) is 4.35. The molecule has 3 amide bonds. The van der Waals surface area contributed by atoms with E-state index < -0.39 is 11.8 Å². The van der Waals surface area contributed by atoms with Crippen LogP contribution < -0.4 is 16.4 Å². The number of hydrogen-bond acceptors (Lipinski definition) is 3. The summed E-state index contributed by atoms with van der Waals surface area (Å²) in [5.41, 5.74) is 5.30. The summed E-state index contributed by atoms with van der Waals surface area (Å²) in [6, 6.07) is 6.70. The minimum absolute atomic E-state index is 0.206. The van der Waals surface area contributed by atoms with Crippen LogP contribution in [0.4, 0.5) is 0 Å². The summed E-state index contributed by atoms with van der Waals surface area (Å²) < 4.78 is 0.859. The van der Waals surface area contributed by atoms with Crippen molar-refractivity contribution in [3.05, 3.63) is 34.3 Å². The molecule has 0 fully saturated rings. The molecule has 1 aromatic carbocycles. The minimum Gasteiger partial charge on any atom is -0.368 e. The molecule has 0 saturated carbocycles. The molecule has 6 nitrogen and oxygen atoms in total. The molecule has 0 atom stereocenters. The number of halogens is 1. The predicted octanol–water partition coefficient (Wildman–Crippen LogP) is -0.220. The minimum atomic E-state index is -0.636. The fourth-order valence-electron chi connectivity index (χ4n) is 1.11. The van der Waals surface area contributed by atoms with Crippen molar-refractivity contribution in [1.29, 1.82) is 0 Å². The highest BCUT2D eigenvalue weighted by Gasteiger charge is 2.08. The van der Waals surface area contributed by atoms with Crippen molar-refractivity contribution in [1.82, 2.24) is 10.6 Å². The van der Waals surface area contributed by atoms with E-state index in [9.17, 15) is 14.4 Å². The first-order chi connectivity index (χ1) is 8.49. The van der Waals surface area contributed by atoms with E-state index in [1.807, 2.05) is 0 Å². The van der Waals surface area contributed by atoms with Crippen molar-refractivity contribution >= 4 is 33.7 Å². The highest BCUT2D eigenvalue weighted by atomic mass is 79.9. The first-order valence-electron chi connectivity index (χ1n) is 5.08. The lowest BCUT2D eigenvalue weighted by Gasteiger charge is -2.05. The standard InChI is InChI=1S/C11H12BrN3O3/c12-8-3-1-7(2-4-8)11(18)15-6-10(17)14-5-9(13)16/h1-4H,5-6H2,(H2,13,16)(H,14,17)(H,15,18). The molecule has 18 heavy (non-hydrogen) atoms.